The van der Waals surface area contributed by atoms with Crippen molar-refractivity contribution in [2.45, 2.75) is 51.5 Å². The van der Waals surface area contributed by atoms with Gasteiger partial charge in [-0.2, -0.15) is 13.1 Å². The van der Waals surface area contributed by atoms with Crippen LogP contribution in [0.25, 0.3) is 5.69 Å². The van der Waals surface area contributed by atoms with E-state index in [9.17, 15) is 23.6 Å². The molecule has 190 valence electrons. The van der Waals surface area contributed by atoms with Gasteiger partial charge in [-0.25, -0.2) is 0 Å². The van der Waals surface area contributed by atoms with Gasteiger partial charge in [-0.3, -0.25) is 14.3 Å². The number of benzene rings is 2. The molecule has 4 rings (SSSR count). The minimum atomic E-state index is -4.16. The van der Waals surface area contributed by atoms with Crippen LogP contribution in [-0.4, -0.2) is 51.9 Å². The Hall–Kier alpha value is -3.42. The Morgan fingerprint density at radius 2 is 1.80 bits per heavy atom. The summed E-state index contributed by atoms with van der Waals surface area (Å²) in [6, 6.07) is 9.78. The van der Waals surface area contributed by atoms with Crippen LogP contribution in [0.2, 0.25) is 0 Å². The van der Waals surface area contributed by atoms with Crippen LogP contribution in [0.5, 0.6) is 5.75 Å². The lowest BCUT2D eigenvalue weighted by Crippen LogP contribution is -2.47. The largest absolute Gasteiger partial charge is 0.472 e. The first-order chi connectivity index (χ1) is 16.7. The zero-order valence-corrected chi connectivity index (χ0v) is 21.0. The fourth-order valence-electron chi connectivity index (χ4n) is 2.95. The molecule has 1 aromatic heterocycles. The molecule has 0 spiro atoms. The molecule has 1 aliphatic rings. The third-order valence-electron chi connectivity index (χ3n) is 4.58. The first-order valence-electron chi connectivity index (χ1n) is 11.0. The number of aromatic nitrogens is 4. The highest BCUT2D eigenvalue weighted by Gasteiger charge is 2.46. The van der Waals surface area contributed by atoms with Gasteiger partial charge in [0, 0.05) is 12.1 Å². The van der Waals surface area contributed by atoms with Crippen molar-refractivity contribution < 1.29 is 27.4 Å². The van der Waals surface area contributed by atoms with Gasteiger partial charge in [-0.15, -0.1) is 5.10 Å². The first-order valence-corrected chi connectivity index (χ1v) is 12.4. The van der Waals surface area contributed by atoms with Gasteiger partial charge in [-0.05, 0) is 35.5 Å². The molecule has 2 heterocycles. The number of hydrogen-bond donors (Lipinski definition) is 1. The van der Waals surface area contributed by atoms with E-state index < -0.39 is 33.9 Å². The summed E-state index contributed by atoms with van der Waals surface area (Å²) < 4.78 is 37.3. The number of non-ortho nitro benzene ring substituents is 1. The van der Waals surface area contributed by atoms with Crippen LogP contribution >= 0.6 is 0 Å². The number of nitro groups is 1. The molecule has 3 aromatic rings. The van der Waals surface area contributed by atoms with Gasteiger partial charge in [0.05, 0.1) is 16.4 Å². The number of aryl methyl sites for hydroxylation is 1. The number of rotatable bonds is 6. The molecule has 0 amide bonds. The molecule has 35 heavy (non-hydrogen) atoms. The Kier molecular flexibility index (Phi) is 9.40. The van der Waals surface area contributed by atoms with Crippen LogP contribution in [-0.2, 0) is 19.9 Å². The SMILES string of the molecule is CC.CCC.Cc1ccc(S(=O)(=O)OCC2(CO)Oc3ccc([N+](=O)[O-])cc3-n3nnnc32)cc1. The quantitative estimate of drug-likeness (QED) is 0.298. The van der Waals surface area contributed by atoms with Crippen LogP contribution in [0.3, 0.4) is 0 Å². The van der Waals surface area contributed by atoms with Gasteiger partial charge in [0.25, 0.3) is 15.8 Å². The molecule has 0 saturated heterocycles. The first kappa shape index (κ1) is 27.8. The third-order valence-corrected chi connectivity index (χ3v) is 5.85. The van der Waals surface area contributed by atoms with Gasteiger partial charge in [0.1, 0.15) is 18.0 Å². The van der Waals surface area contributed by atoms with Crippen molar-refractivity contribution in [3.63, 3.8) is 0 Å². The predicted molar refractivity (Wildman–Crippen MR) is 127 cm³/mol. The van der Waals surface area contributed by atoms with Gasteiger partial charge in [0.15, 0.2) is 0 Å². The maximum absolute atomic E-state index is 12.6. The Morgan fingerprint density at radius 1 is 1.17 bits per heavy atom. The second-order valence-corrected chi connectivity index (χ2v) is 8.93. The van der Waals surface area contributed by atoms with Crippen LogP contribution in [0.4, 0.5) is 5.69 Å². The number of nitro benzene ring substituents is 1. The summed E-state index contributed by atoms with van der Waals surface area (Å²) in [5.74, 6) is 0.0582. The molecule has 12 nitrogen and oxygen atoms in total. The Bertz CT molecular complexity index is 1250. The summed E-state index contributed by atoms with van der Waals surface area (Å²) in [5, 5.41) is 32.3. The van der Waals surface area contributed by atoms with Crippen molar-refractivity contribution >= 4 is 15.8 Å². The van der Waals surface area contributed by atoms with Crippen molar-refractivity contribution in [2.24, 2.45) is 0 Å². The number of fused-ring (bicyclic) bond motifs is 3. The topological polar surface area (TPSA) is 160 Å². The molecule has 0 saturated carbocycles. The van der Waals surface area contributed by atoms with Crippen molar-refractivity contribution in [1.82, 2.24) is 20.2 Å². The van der Waals surface area contributed by atoms with Crippen LogP contribution in [0.1, 0.15) is 45.5 Å². The molecule has 1 N–H and O–H groups in total. The van der Waals surface area contributed by atoms with E-state index >= 15 is 0 Å². The molecule has 13 heteroatoms. The molecule has 2 aromatic carbocycles. The molecular formula is C22H29N5O7S. The number of aliphatic hydroxyl groups excluding tert-OH is 1. The summed E-state index contributed by atoms with van der Waals surface area (Å²) in [7, 11) is -4.16. The predicted octanol–water partition coefficient (Wildman–Crippen LogP) is 3.31. The monoisotopic (exact) mass is 507 g/mol. The number of tetrazole rings is 1. The molecule has 0 bridgehead atoms. The molecular weight excluding hydrogens is 478 g/mol. The van der Waals surface area contributed by atoms with E-state index in [2.05, 4.69) is 29.4 Å². The highest BCUT2D eigenvalue weighted by molar-refractivity contribution is 7.86. The van der Waals surface area contributed by atoms with Crippen molar-refractivity contribution in [3.8, 4) is 11.4 Å². The van der Waals surface area contributed by atoms with E-state index in [1.54, 1.807) is 12.1 Å². The zero-order valence-electron chi connectivity index (χ0n) is 20.2. The molecule has 0 fully saturated rings. The second-order valence-electron chi connectivity index (χ2n) is 7.31. The summed E-state index contributed by atoms with van der Waals surface area (Å²) in [6.45, 7) is 8.72. The maximum atomic E-state index is 12.6. The highest BCUT2D eigenvalue weighted by Crippen LogP contribution is 2.39. The summed E-state index contributed by atoms with van der Waals surface area (Å²) in [5.41, 5.74) is -0.908. The van der Waals surface area contributed by atoms with Crippen LogP contribution in [0.15, 0.2) is 47.4 Å². The van der Waals surface area contributed by atoms with Crippen LogP contribution < -0.4 is 4.74 Å². The average Bonchev–Trinajstić information content (AvgIpc) is 3.35. The van der Waals surface area contributed by atoms with E-state index in [4.69, 9.17) is 8.92 Å². The summed E-state index contributed by atoms with van der Waals surface area (Å²) in [6.07, 6.45) is 1.25. The molecule has 1 aliphatic heterocycles. The number of hydrogen-bond acceptors (Lipinski definition) is 10. The van der Waals surface area contributed by atoms with E-state index in [1.165, 1.54) is 36.8 Å². The van der Waals surface area contributed by atoms with Crippen molar-refractivity contribution in [3.05, 3.63) is 64.0 Å². The van der Waals surface area contributed by atoms with E-state index in [0.29, 0.717) is 0 Å². The minimum Gasteiger partial charge on any atom is -0.472 e. The molecule has 1 unspecified atom stereocenters. The maximum Gasteiger partial charge on any atom is 0.297 e. The van der Waals surface area contributed by atoms with Crippen molar-refractivity contribution in [2.75, 3.05) is 13.2 Å². The lowest BCUT2D eigenvalue weighted by molar-refractivity contribution is -0.384. The number of aliphatic hydroxyl groups is 1. The smallest absolute Gasteiger partial charge is 0.297 e. The van der Waals surface area contributed by atoms with Gasteiger partial charge < -0.3 is 9.84 Å². The molecule has 1 atom stereocenters. The van der Waals surface area contributed by atoms with Gasteiger partial charge in [-0.1, -0.05) is 51.8 Å². The normalized spacial score (nSPS) is 15.8. The summed E-state index contributed by atoms with van der Waals surface area (Å²) in [4.78, 5) is 10.4. The third kappa shape index (κ3) is 5.99. The molecule has 0 aliphatic carbocycles. The number of ether oxygens (including phenoxy) is 1. The van der Waals surface area contributed by atoms with E-state index in [0.717, 1.165) is 10.2 Å². The summed E-state index contributed by atoms with van der Waals surface area (Å²) >= 11 is 0. The van der Waals surface area contributed by atoms with E-state index in [-0.39, 0.29) is 27.8 Å². The fraction of sp³-hybridized carbons (Fsp3) is 0.409. The van der Waals surface area contributed by atoms with Gasteiger partial charge in [0.2, 0.25) is 11.4 Å². The Labute approximate surface area is 203 Å². The van der Waals surface area contributed by atoms with Crippen molar-refractivity contribution in [1.29, 1.82) is 0 Å². The highest BCUT2D eigenvalue weighted by atomic mass is 32.2. The Balaban J connectivity index is 0.000000803. The van der Waals surface area contributed by atoms with E-state index in [1.807, 2.05) is 20.8 Å². The lowest BCUT2D eigenvalue weighted by atomic mass is 10.0. The molecule has 0 radical (unpaired) electrons. The van der Waals surface area contributed by atoms with Gasteiger partial charge >= 0.3 is 0 Å². The lowest BCUT2D eigenvalue weighted by Gasteiger charge is -2.34. The standard InChI is InChI=1S/C17H15N5O7S.C3H8.C2H6/c1-11-2-5-13(6-3-11)30(26,27)28-10-17(9-23)16-18-19-20-21(16)14-8-12(22(24)25)4-7-15(14)29-17;1-3-2;1-2/h2-8,23H,9-10H2,1H3;3H2,1-2H3;1-2H3. The Morgan fingerprint density at radius 3 is 2.37 bits per heavy atom. The zero-order chi connectivity index (χ0) is 26.2. The minimum absolute atomic E-state index is 0.0582. The fourth-order valence-corrected chi connectivity index (χ4v) is 3.90. The second kappa shape index (κ2) is 11.8. The average molecular weight is 508 g/mol. The van der Waals surface area contributed by atoms with Crippen LogP contribution in [0, 0.1) is 17.0 Å². The number of nitrogens with zero attached hydrogens (tertiary/aromatic N) is 5.